The van der Waals surface area contributed by atoms with E-state index in [9.17, 15) is 13.6 Å². The summed E-state index contributed by atoms with van der Waals surface area (Å²) in [4.78, 5) is 12.1. The molecule has 3 nitrogen and oxygen atoms in total. The molecule has 126 valence electrons. The summed E-state index contributed by atoms with van der Waals surface area (Å²) in [5, 5.41) is 5.98. The highest BCUT2D eigenvalue weighted by atomic mass is 19.1. The summed E-state index contributed by atoms with van der Waals surface area (Å²) in [6.07, 6.45) is 0. The highest BCUT2D eigenvalue weighted by Crippen LogP contribution is 2.16. The number of carbonyl (C=O) groups is 1. The van der Waals surface area contributed by atoms with Crippen molar-refractivity contribution in [1.82, 2.24) is 0 Å². The second-order valence-corrected chi connectivity index (χ2v) is 5.52. The van der Waals surface area contributed by atoms with Crippen LogP contribution >= 0.6 is 0 Å². The first-order valence-corrected chi connectivity index (χ1v) is 7.75. The van der Waals surface area contributed by atoms with Crippen LogP contribution in [0.3, 0.4) is 0 Å². The second kappa shape index (κ2) is 7.57. The van der Waals surface area contributed by atoms with Crippen LogP contribution < -0.4 is 10.6 Å². The van der Waals surface area contributed by atoms with Crippen LogP contribution in [0.5, 0.6) is 0 Å². The Bertz CT molecular complexity index is 844. The maximum absolute atomic E-state index is 12.9. The monoisotopic (exact) mass is 338 g/mol. The summed E-state index contributed by atoms with van der Waals surface area (Å²) in [5.41, 5.74) is 2.88. The van der Waals surface area contributed by atoms with E-state index in [0.717, 1.165) is 11.3 Å². The van der Waals surface area contributed by atoms with Gasteiger partial charge in [0, 0.05) is 23.5 Å². The summed E-state index contributed by atoms with van der Waals surface area (Å²) in [5.74, 6) is -0.940. The molecule has 1 amide bonds. The van der Waals surface area contributed by atoms with Crippen LogP contribution in [-0.2, 0) is 6.54 Å². The van der Waals surface area contributed by atoms with Crippen LogP contribution in [0.25, 0.3) is 0 Å². The Balaban J connectivity index is 1.57. The van der Waals surface area contributed by atoms with E-state index in [0.29, 0.717) is 17.8 Å². The van der Waals surface area contributed by atoms with Crippen molar-refractivity contribution in [2.45, 2.75) is 6.54 Å². The standard InChI is InChI=1S/C20H16F2N2O/c21-16-5-1-14(2-6-16)13-23-18-9-11-19(12-10-18)24-20(25)15-3-7-17(22)8-4-15/h1-12,23H,13H2,(H,24,25). The maximum atomic E-state index is 12.9. The molecule has 3 rings (SSSR count). The van der Waals surface area contributed by atoms with Crippen molar-refractivity contribution >= 4 is 17.3 Å². The molecule has 0 aliphatic heterocycles. The Morgan fingerprint density at radius 3 is 1.84 bits per heavy atom. The van der Waals surface area contributed by atoms with Gasteiger partial charge in [-0.05, 0) is 66.2 Å². The molecule has 0 bridgehead atoms. The van der Waals surface area contributed by atoms with Gasteiger partial charge in [-0.25, -0.2) is 8.78 Å². The molecule has 0 fully saturated rings. The van der Waals surface area contributed by atoms with Crippen molar-refractivity contribution in [1.29, 1.82) is 0 Å². The quantitative estimate of drug-likeness (QED) is 0.700. The van der Waals surface area contributed by atoms with E-state index < -0.39 is 0 Å². The number of nitrogens with one attached hydrogen (secondary N) is 2. The molecule has 3 aromatic carbocycles. The molecular weight excluding hydrogens is 322 g/mol. The molecule has 5 heteroatoms. The lowest BCUT2D eigenvalue weighted by molar-refractivity contribution is 0.102. The molecule has 0 aliphatic carbocycles. The fraction of sp³-hybridized carbons (Fsp3) is 0.0500. The van der Waals surface area contributed by atoms with E-state index in [2.05, 4.69) is 10.6 Å². The molecule has 0 heterocycles. The van der Waals surface area contributed by atoms with Gasteiger partial charge in [-0.2, -0.15) is 0 Å². The predicted octanol–water partition coefficient (Wildman–Crippen LogP) is 4.83. The molecule has 3 aromatic rings. The number of halogens is 2. The molecule has 0 aromatic heterocycles. The average Bonchev–Trinajstić information content (AvgIpc) is 2.63. The smallest absolute Gasteiger partial charge is 0.255 e. The van der Waals surface area contributed by atoms with Gasteiger partial charge in [0.2, 0.25) is 0 Å². The van der Waals surface area contributed by atoms with Crippen molar-refractivity contribution < 1.29 is 13.6 Å². The Labute approximate surface area is 144 Å². The van der Waals surface area contributed by atoms with Crippen molar-refractivity contribution in [3.63, 3.8) is 0 Å². The van der Waals surface area contributed by atoms with Crippen LogP contribution in [0, 0.1) is 11.6 Å². The number of benzene rings is 3. The lowest BCUT2D eigenvalue weighted by Crippen LogP contribution is -2.11. The summed E-state index contributed by atoms with van der Waals surface area (Å²) in [6.45, 7) is 0.571. The lowest BCUT2D eigenvalue weighted by Gasteiger charge is -2.09. The molecule has 0 aliphatic rings. The fourth-order valence-electron chi connectivity index (χ4n) is 2.28. The topological polar surface area (TPSA) is 41.1 Å². The van der Waals surface area contributed by atoms with Gasteiger partial charge >= 0.3 is 0 Å². The van der Waals surface area contributed by atoms with Crippen LogP contribution in [0.1, 0.15) is 15.9 Å². The first-order valence-electron chi connectivity index (χ1n) is 7.75. The molecule has 0 saturated carbocycles. The van der Waals surface area contributed by atoms with Gasteiger partial charge in [-0.15, -0.1) is 0 Å². The van der Waals surface area contributed by atoms with E-state index in [1.54, 1.807) is 24.3 Å². The fourth-order valence-corrected chi connectivity index (χ4v) is 2.28. The summed E-state index contributed by atoms with van der Waals surface area (Å²) in [7, 11) is 0. The molecule has 2 N–H and O–H groups in total. The van der Waals surface area contributed by atoms with E-state index >= 15 is 0 Å². The highest BCUT2D eigenvalue weighted by molar-refractivity contribution is 6.04. The molecule has 0 saturated heterocycles. The van der Waals surface area contributed by atoms with Crippen LogP contribution in [0.15, 0.2) is 72.8 Å². The van der Waals surface area contributed by atoms with Gasteiger partial charge in [-0.3, -0.25) is 4.79 Å². The van der Waals surface area contributed by atoms with Gasteiger partial charge < -0.3 is 10.6 Å². The van der Waals surface area contributed by atoms with Crippen molar-refractivity contribution in [3.8, 4) is 0 Å². The van der Waals surface area contributed by atoms with Gasteiger partial charge in [0.25, 0.3) is 5.91 Å². The van der Waals surface area contributed by atoms with Crippen molar-refractivity contribution in [2.24, 2.45) is 0 Å². The third kappa shape index (κ3) is 4.64. The molecule has 0 radical (unpaired) electrons. The van der Waals surface area contributed by atoms with Crippen molar-refractivity contribution in [3.05, 3.63) is 95.6 Å². The molecule has 0 atom stereocenters. The molecule has 25 heavy (non-hydrogen) atoms. The summed E-state index contributed by atoms with van der Waals surface area (Å²) in [6, 6.07) is 18.9. The zero-order chi connectivity index (χ0) is 17.6. The third-order valence-corrected chi connectivity index (χ3v) is 3.66. The van der Waals surface area contributed by atoms with Gasteiger partial charge in [0.15, 0.2) is 0 Å². The van der Waals surface area contributed by atoms with Gasteiger partial charge in [0.1, 0.15) is 11.6 Å². The Hall–Kier alpha value is -3.21. The molecule has 0 unspecified atom stereocenters. The lowest BCUT2D eigenvalue weighted by atomic mass is 10.2. The number of amides is 1. The van der Waals surface area contributed by atoms with E-state index in [1.165, 1.54) is 36.4 Å². The first kappa shape index (κ1) is 16.6. The minimum Gasteiger partial charge on any atom is -0.381 e. The number of hydrogen-bond donors (Lipinski definition) is 2. The van der Waals surface area contributed by atoms with Crippen LogP contribution in [0.2, 0.25) is 0 Å². The largest absolute Gasteiger partial charge is 0.381 e. The second-order valence-electron chi connectivity index (χ2n) is 5.52. The number of carbonyl (C=O) groups excluding carboxylic acids is 1. The zero-order valence-electron chi connectivity index (χ0n) is 13.3. The number of rotatable bonds is 5. The zero-order valence-corrected chi connectivity index (χ0v) is 13.3. The molecular formula is C20H16F2N2O. The maximum Gasteiger partial charge on any atom is 0.255 e. The van der Waals surface area contributed by atoms with Gasteiger partial charge in [0.05, 0.1) is 0 Å². The van der Waals surface area contributed by atoms with E-state index in [1.807, 2.05) is 12.1 Å². The van der Waals surface area contributed by atoms with Gasteiger partial charge in [-0.1, -0.05) is 12.1 Å². The summed E-state index contributed by atoms with van der Waals surface area (Å²) >= 11 is 0. The Morgan fingerprint density at radius 2 is 1.24 bits per heavy atom. The minimum atomic E-state index is -0.381. The van der Waals surface area contributed by atoms with E-state index in [-0.39, 0.29) is 17.5 Å². The van der Waals surface area contributed by atoms with E-state index in [4.69, 9.17) is 0 Å². The van der Waals surface area contributed by atoms with Crippen molar-refractivity contribution in [2.75, 3.05) is 10.6 Å². The predicted molar refractivity (Wildman–Crippen MR) is 94.5 cm³/mol. The number of hydrogen-bond acceptors (Lipinski definition) is 2. The minimum absolute atomic E-state index is 0.259. The Kier molecular flexibility index (Phi) is 5.04. The molecule has 0 spiro atoms. The average molecular weight is 338 g/mol. The Morgan fingerprint density at radius 1 is 0.720 bits per heavy atom. The third-order valence-electron chi connectivity index (χ3n) is 3.66. The first-order chi connectivity index (χ1) is 12.1. The SMILES string of the molecule is O=C(Nc1ccc(NCc2ccc(F)cc2)cc1)c1ccc(F)cc1. The summed E-state index contributed by atoms with van der Waals surface area (Å²) < 4.78 is 25.7. The van der Waals surface area contributed by atoms with Crippen LogP contribution in [-0.4, -0.2) is 5.91 Å². The number of anilines is 2. The van der Waals surface area contributed by atoms with Crippen LogP contribution in [0.4, 0.5) is 20.2 Å². The highest BCUT2D eigenvalue weighted by Gasteiger charge is 2.06. The normalized spacial score (nSPS) is 10.3.